The number of hydrogen-bond acceptors (Lipinski definition) is 6. The molecule has 0 aliphatic carbocycles. The molecule has 1 atom stereocenters. The average molecular weight is 428 g/mol. The van der Waals surface area contributed by atoms with E-state index in [2.05, 4.69) is 32.4 Å². The van der Waals surface area contributed by atoms with E-state index in [4.69, 9.17) is 5.73 Å². The Morgan fingerprint density at radius 2 is 1.87 bits per heavy atom. The molecule has 0 fully saturated rings. The van der Waals surface area contributed by atoms with Crippen LogP contribution in [0.1, 0.15) is 38.4 Å². The predicted octanol–water partition coefficient (Wildman–Crippen LogP) is 3.46. The summed E-state index contributed by atoms with van der Waals surface area (Å²) in [5, 5.41) is 10.3. The van der Waals surface area contributed by atoms with Gasteiger partial charge in [-0.25, -0.2) is 4.68 Å². The lowest BCUT2D eigenvalue weighted by molar-refractivity contribution is -0.117. The van der Waals surface area contributed by atoms with Crippen LogP contribution in [0.5, 0.6) is 0 Å². The van der Waals surface area contributed by atoms with E-state index in [1.54, 1.807) is 24.1 Å². The van der Waals surface area contributed by atoms with Crippen LogP contribution in [-0.2, 0) is 4.79 Å². The molecular weight excluding hydrogens is 390 g/mol. The van der Waals surface area contributed by atoms with E-state index < -0.39 is 6.04 Å². The van der Waals surface area contributed by atoms with Gasteiger partial charge in [0.25, 0.3) is 0 Å². The fourth-order valence-electron chi connectivity index (χ4n) is 2.46. The van der Waals surface area contributed by atoms with Crippen molar-refractivity contribution in [3.05, 3.63) is 47.8 Å². The predicted molar refractivity (Wildman–Crippen MR) is 133 cm³/mol. The van der Waals surface area contributed by atoms with Crippen molar-refractivity contribution in [2.24, 2.45) is 15.7 Å². The minimum atomic E-state index is -0.584. The number of nitrogens with two attached hydrogens (primary N) is 1. The van der Waals surface area contributed by atoms with Crippen molar-refractivity contribution < 1.29 is 4.79 Å². The molecule has 1 aromatic carbocycles. The summed E-state index contributed by atoms with van der Waals surface area (Å²) in [6.45, 7) is 11.2. The molecule has 0 saturated carbocycles. The zero-order chi connectivity index (χ0) is 23.8. The Labute approximate surface area is 186 Å². The highest BCUT2D eigenvalue weighted by Gasteiger charge is 2.21. The quantitative estimate of drug-likeness (QED) is 0.588. The van der Waals surface area contributed by atoms with Crippen molar-refractivity contribution in [2.75, 3.05) is 26.5 Å². The maximum absolute atomic E-state index is 12.4. The first-order valence-corrected chi connectivity index (χ1v) is 10.3. The number of rotatable bonds is 7. The van der Waals surface area contributed by atoms with Crippen molar-refractivity contribution in [3.8, 4) is 5.69 Å². The second-order valence-electron chi connectivity index (χ2n) is 6.23. The minimum Gasteiger partial charge on any atom is -0.323 e. The van der Waals surface area contributed by atoms with Gasteiger partial charge in [-0.05, 0) is 46.3 Å². The summed E-state index contributed by atoms with van der Waals surface area (Å²) < 4.78 is 1.69. The van der Waals surface area contributed by atoms with Crippen LogP contribution in [0.2, 0.25) is 0 Å². The van der Waals surface area contributed by atoms with Crippen LogP contribution in [0.25, 0.3) is 11.3 Å². The first-order chi connectivity index (χ1) is 14.9. The maximum atomic E-state index is 12.4. The number of benzene rings is 1. The first kappa shape index (κ1) is 27.9. The molecule has 0 bridgehead atoms. The molecule has 2 aromatic rings. The Kier molecular flexibility index (Phi) is 14.1. The number of carbonyl (C=O) groups is 1. The number of allylic oxidation sites excluding steroid dienone is 1. The number of aromatic nitrogens is 2. The van der Waals surface area contributed by atoms with Gasteiger partial charge in [0.2, 0.25) is 5.91 Å². The molecule has 170 valence electrons. The van der Waals surface area contributed by atoms with Crippen molar-refractivity contribution >= 4 is 30.2 Å². The molecule has 0 spiro atoms. The number of nitrogens with one attached hydrogen (secondary N) is 2. The van der Waals surface area contributed by atoms with Crippen molar-refractivity contribution in [1.82, 2.24) is 15.1 Å². The van der Waals surface area contributed by atoms with E-state index in [1.165, 1.54) is 0 Å². The zero-order valence-corrected chi connectivity index (χ0v) is 19.8. The van der Waals surface area contributed by atoms with E-state index in [1.807, 2.05) is 72.1 Å². The minimum absolute atomic E-state index is 0.254. The molecule has 0 saturated heterocycles. The highest BCUT2D eigenvalue weighted by atomic mass is 16.2. The highest BCUT2D eigenvalue weighted by Crippen LogP contribution is 2.27. The Morgan fingerprint density at radius 3 is 2.35 bits per heavy atom. The lowest BCUT2D eigenvalue weighted by atomic mass is 10.1. The van der Waals surface area contributed by atoms with E-state index in [-0.39, 0.29) is 5.91 Å². The maximum Gasteiger partial charge on any atom is 0.242 e. The van der Waals surface area contributed by atoms with Gasteiger partial charge >= 0.3 is 0 Å². The molecule has 8 heteroatoms. The van der Waals surface area contributed by atoms with Crippen LogP contribution in [0.3, 0.4) is 0 Å². The molecule has 1 aromatic heterocycles. The summed E-state index contributed by atoms with van der Waals surface area (Å²) in [6.07, 6.45) is 3.79. The summed E-state index contributed by atoms with van der Waals surface area (Å²) in [5.74, 6) is 0.315. The fourth-order valence-corrected chi connectivity index (χ4v) is 2.46. The number of para-hydroxylation sites is 1. The van der Waals surface area contributed by atoms with Crippen LogP contribution in [0.15, 0.2) is 46.5 Å². The molecule has 4 N–H and O–H groups in total. The van der Waals surface area contributed by atoms with Gasteiger partial charge in [0, 0.05) is 30.6 Å². The van der Waals surface area contributed by atoms with Crippen LogP contribution in [0, 0.1) is 6.92 Å². The normalized spacial score (nSPS) is 11.7. The second kappa shape index (κ2) is 15.7. The Morgan fingerprint density at radius 1 is 1.29 bits per heavy atom. The van der Waals surface area contributed by atoms with Gasteiger partial charge in [-0.15, -0.1) is 0 Å². The smallest absolute Gasteiger partial charge is 0.242 e. The molecule has 1 amide bonds. The summed E-state index contributed by atoms with van der Waals surface area (Å²) >= 11 is 0. The molecular formula is C23H37N7O. The van der Waals surface area contributed by atoms with Crippen molar-refractivity contribution in [3.63, 3.8) is 0 Å². The fraction of sp³-hybridized carbons (Fsp3) is 0.391. The van der Waals surface area contributed by atoms with E-state index in [0.717, 1.165) is 11.3 Å². The molecule has 8 nitrogen and oxygen atoms in total. The highest BCUT2D eigenvalue weighted by molar-refractivity contribution is 6.10. The Bertz CT molecular complexity index is 854. The van der Waals surface area contributed by atoms with E-state index >= 15 is 0 Å². The Hall–Kier alpha value is -3.10. The van der Waals surface area contributed by atoms with Crippen LogP contribution < -0.4 is 16.4 Å². The molecule has 31 heavy (non-hydrogen) atoms. The third-order valence-electron chi connectivity index (χ3n) is 3.91. The van der Waals surface area contributed by atoms with Gasteiger partial charge < -0.3 is 16.4 Å². The van der Waals surface area contributed by atoms with Gasteiger partial charge in [0.1, 0.15) is 11.5 Å². The second-order valence-corrected chi connectivity index (χ2v) is 6.23. The molecule has 0 aliphatic rings. The monoisotopic (exact) mass is 427 g/mol. The summed E-state index contributed by atoms with van der Waals surface area (Å²) in [5.41, 5.74) is 8.84. The van der Waals surface area contributed by atoms with Crippen LogP contribution >= 0.6 is 0 Å². The summed E-state index contributed by atoms with van der Waals surface area (Å²) in [7, 11) is 5.42. The number of amides is 1. The van der Waals surface area contributed by atoms with Gasteiger partial charge in [-0.3, -0.25) is 14.8 Å². The van der Waals surface area contributed by atoms with Gasteiger partial charge in [-0.2, -0.15) is 5.10 Å². The number of anilines is 1. The lowest BCUT2D eigenvalue weighted by Crippen LogP contribution is -2.35. The molecule has 0 radical (unpaired) electrons. The van der Waals surface area contributed by atoms with Crippen LogP contribution in [-0.4, -0.2) is 55.8 Å². The number of carbonyl (C=O) groups excluding carboxylic acids is 1. The van der Waals surface area contributed by atoms with Crippen molar-refractivity contribution in [2.45, 2.75) is 40.2 Å². The largest absolute Gasteiger partial charge is 0.323 e. The molecule has 2 rings (SSSR count). The number of nitrogens with zero attached hydrogens (tertiary/aromatic N) is 4. The Balaban J connectivity index is 0.00000165. The summed E-state index contributed by atoms with van der Waals surface area (Å²) in [6, 6.07) is 8.97. The number of aliphatic imine (C=N–C) groups is 2. The van der Waals surface area contributed by atoms with Gasteiger partial charge in [-0.1, -0.05) is 39.0 Å². The molecule has 0 aliphatic heterocycles. The zero-order valence-electron chi connectivity index (χ0n) is 19.8. The summed E-state index contributed by atoms with van der Waals surface area (Å²) in [4.78, 5) is 20.2. The van der Waals surface area contributed by atoms with Gasteiger partial charge in [0.05, 0.1) is 11.7 Å². The topological polar surface area (TPSA) is 110 Å². The lowest BCUT2D eigenvalue weighted by Gasteiger charge is -2.13. The third-order valence-corrected chi connectivity index (χ3v) is 3.91. The average Bonchev–Trinajstić information content (AvgIpc) is 3.11. The standard InChI is InChI=1S/C19H24N6O.C2H7N.C2H6/c1-5-16(20)19(26)23-18-13(2)17(14(11-21-3)12-22-4)24-25(18)15-9-7-6-8-10-15;1-3-2;1-2/h6-12,16H,3,5,20H2,1-2,4H3,(H,23,26);3H,1-2H3;1-2H3/b14-11+,22-12?;;. The SMILES string of the molecule is C=N/C=C(\C=NC)c1nn(-c2ccccc2)c(NC(=O)C(N)CC)c1C.CC.CNC. The first-order valence-electron chi connectivity index (χ1n) is 10.3. The number of hydrogen-bond donors (Lipinski definition) is 3. The molecule has 1 heterocycles. The van der Waals surface area contributed by atoms with E-state index in [0.29, 0.717) is 23.5 Å². The van der Waals surface area contributed by atoms with Gasteiger partial charge in [0.15, 0.2) is 0 Å². The molecule has 1 unspecified atom stereocenters. The van der Waals surface area contributed by atoms with Crippen LogP contribution in [0.4, 0.5) is 5.82 Å². The van der Waals surface area contributed by atoms with Crippen molar-refractivity contribution in [1.29, 1.82) is 0 Å². The van der Waals surface area contributed by atoms with E-state index in [9.17, 15) is 4.79 Å². The third kappa shape index (κ3) is 8.27.